The van der Waals surface area contributed by atoms with E-state index in [-0.39, 0.29) is 24.0 Å². The highest BCUT2D eigenvalue weighted by Crippen LogP contribution is 2.33. The van der Waals surface area contributed by atoms with E-state index in [1.165, 1.54) is 6.07 Å². The topological polar surface area (TPSA) is 104 Å². The summed E-state index contributed by atoms with van der Waals surface area (Å²) < 4.78 is 32.6. The Bertz CT molecular complexity index is 1280. The summed E-state index contributed by atoms with van der Waals surface area (Å²) in [7, 11) is 0. The molecule has 0 saturated carbocycles. The summed E-state index contributed by atoms with van der Waals surface area (Å²) in [5, 5.41) is 11.7. The average Bonchev–Trinajstić information content (AvgIpc) is 3.30. The van der Waals surface area contributed by atoms with E-state index < -0.39 is 5.82 Å². The Hall–Kier alpha value is -3.31. The molecule has 178 valence electrons. The standard InChI is InChI=1S/C23H25FN6O4/c24-17-10-26-18-1-2-20(31)30-16(13-34-22(17)21(18)30)12-29-4-3-14(11-29)8-25-9-15-7-19-23(28-27-15)33-6-5-32-19/h1-2,7,10,14,16,25H,3-6,8-9,11-13H2/t14-,16-/m1/s1. The first-order chi connectivity index (χ1) is 16.7. The van der Waals surface area contributed by atoms with E-state index >= 15 is 0 Å². The summed E-state index contributed by atoms with van der Waals surface area (Å²) in [5.41, 5.74) is 1.66. The van der Waals surface area contributed by atoms with Crippen molar-refractivity contribution in [3.05, 3.63) is 46.3 Å². The molecule has 1 fully saturated rings. The number of ether oxygens (including phenoxy) is 3. The number of fused-ring (bicyclic) bond motifs is 1. The second kappa shape index (κ2) is 8.80. The predicted octanol–water partition coefficient (Wildman–Crippen LogP) is 1.14. The largest absolute Gasteiger partial charge is 0.486 e. The van der Waals surface area contributed by atoms with Crippen molar-refractivity contribution in [3.63, 3.8) is 0 Å². The zero-order valence-corrected chi connectivity index (χ0v) is 18.6. The maximum atomic E-state index is 14.2. The lowest BCUT2D eigenvalue weighted by atomic mass is 10.1. The number of likely N-dealkylation sites (tertiary alicyclic amines) is 1. The quantitative estimate of drug-likeness (QED) is 0.570. The Balaban J connectivity index is 1.07. The smallest absolute Gasteiger partial charge is 0.276 e. The molecular formula is C23H25FN6O4. The van der Waals surface area contributed by atoms with Gasteiger partial charge < -0.3 is 24.4 Å². The molecule has 1 N–H and O–H groups in total. The molecule has 3 aromatic rings. The maximum Gasteiger partial charge on any atom is 0.276 e. The molecule has 2 atom stereocenters. The monoisotopic (exact) mass is 468 g/mol. The Morgan fingerprint density at radius 2 is 2.09 bits per heavy atom. The van der Waals surface area contributed by atoms with Gasteiger partial charge in [-0.15, -0.1) is 5.10 Å². The lowest BCUT2D eigenvalue weighted by Crippen LogP contribution is -2.39. The second-order valence-electron chi connectivity index (χ2n) is 8.92. The molecule has 3 aliphatic rings. The van der Waals surface area contributed by atoms with Gasteiger partial charge in [0.25, 0.3) is 11.4 Å². The second-order valence-corrected chi connectivity index (χ2v) is 8.92. The van der Waals surface area contributed by atoms with Crippen molar-refractivity contribution in [2.24, 2.45) is 5.92 Å². The van der Waals surface area contributed by atoms with Crippen molar-refractivity contribution in [2.45, 2.75) is 19.0 Å². The van der Waals surface area contributed by atoms with Crippen molar-refractivity contribution in [1.29, 1.82) is 0 Å². The molecule has 1 saturated heterocycles. The molecule has 11 heteroatoms. The van der Waals surface area contributed by atoms with Crippen LogP contribution in [0.5, 0.6) is 17.4 Å². The SMILES string of the molecule is O=c1ccc2ncc(F)c3c2n1[C@H](CN1CC[C@H](CNCc2cc4c(nn2)OCCO4)C1)CO3. The highest BCUT2D eigenvalue weighted by Gasteiger charge is 2.30. The highest BCUT2D eigenvalue weighted by molar-refractivity contribution is 5.82. The molecule has 0 aromatic carbocycles. The Morgan fingerprint density at radius 3 is 3.03 bits per heavy atom. The molecule has 3 aliphatic heterocycles. The van der Waals surface area contributed by atoms with Crippen LogP contribution in [0.2, 0.25) is 0 Å². The Kier molecular flexibility index (Phi) is 5.50. The first kappa shape index (κ1) is 21.2. The number of nitrogens with one attached hydrogen (secondary N) is 1. The van der Waals surface area contributed by atoms with Crippen LogP contribution >= 0.6 is 0 Å². The van der Waals surface area contributed by atoms with E-state index in [4.69, 9.17) is 14.2 Å². The minimum absolute atomic E-state index is 0.115. The number of pyridine rings is 2. The molecule has 6 rings (SSSR count). The summed E-state index contributed by atoms with van der Waals surface area (Å²) in [5.74, 6) is 1.14. The molecule has 0 bridgehead atoms. The van der Waals surface area contributed by atoms with Crippen molar-refractivity contribution >= 4 is 11.0 Å². The molecule has 3 aromatic heterocycles. The number of halogens is 1. The van der Waals surface area contributed by atoms with Crippen LogP contribution in [-0.2, 0) is 6.54 Å². The van der Waals surface area contributed by atoms with Gasteiger partial charge in [0, 0.05) is 31.8 Å². The minimum Gasteiger partial charge on any atom is -0.486 e. The third-order valence-corrected chi connectivity index (χ3v) is 6.57. The Labute approximate surface area is 194 Å². The highest BCUT2D eigenvalue weighted by atomic mass is 19.1. The molecule has 0 aliphatic carbocycles. The molecule has 34 heavy (non-hydrogen) atoms. The number of hydrogen-bond acceptors (Lipinski definition) is 9. The van der Waals surface area contributed by atoms with Crippen LogP contribution in [0.25, 0.3) is 11.0 Å². The normalized spacial score (nSPS) is 21.6. The van der Waals surface area contributed by atoms with E-state index in [9.17, 15) is 9.18 Å². The van der Waals surface area contributed by atoms with Crippen molar-refractivity contribution in [2.75, 3.05) is 46.0 Å². The fourth-order valence-corrected chi connectivity index (χ4v) is 4.99. The van der Waals surface area contributed by atoms with Gasteiger partial charge in [0.2, 0.25) is 0 Å². The van der Waals surface area contributed by atoms with Crippen LogP contribution in [0.1, 0.15) is 18.2 Å². The van der Waals surface area contributed by atoms with Crippen LogP contribution < -0.4 is 25.1 Å². The lowest BCUT2D eigenvalue weighted by molar-refractivity contribution is 0.161. The van der Waals surface area contributed by atoms with Crippen LogP contribution in [0, 0.1) is 11.7 Å². The summed E-state index contributed by atoms with van der Waals surface area (Å²) in [6.45, 7) is 5.24. The van der Waals surface area contributed by atoms with Crippen molar-refractivity contribution in [3.8, 4) is 17.4 Å². The van der Waals surface area contributed by atoms with E-state index in [0.29, 0.717) is 54.9 Å². The van der Waals surface area contributed by atoms with Crippen molar-refractivity contribution in [1.82, 2.24) is 30.0 Å². The van der Waals surface area contributed by atoms with E-state index in [0.717, 1.165) is 37.9 Å². The molecule has 0 amide bonds. The Morgan fingerprint density at radius 1 is 1.18 bits per heavy atom. The van der Waals surface area contributed by atoms with Crippen LogP contribution in [0.4, 0.5) is 4.39 Å². The summed E-state index contributed by atoms with van der Waals surface area (Å²) in [6.07, 6.45) is 2.20. The number of aromatic nitrogens is 4. The molecule has 10 nitrogen and oxygen atoms in total. The first-order valence-corrected chi connectivity index (χ1v) is 11.5. The predicted molar refractivity (Wildman–Crippen MR) is 120 cm³/mol. The maximum absolute atomic E-state index is 14.2. The van der Waals surface area contributed by atoms with E-state index in [1.54, 1.807) is 10.6 Å². The molecule has 0 unspecified atom stereocenters. The lowest BCUT2D eigenvalue weighted by Gasteiger charge is -2.31. The molecular weight excluding hydrogens is 443 g/mol. The van der Waals surface area contributed by atoms with Gasteiger partial charge in [-0.25, -0.2) is 4.39 Å². The summed E-state index contributed by atoms with van der Waals surface area (Å²) >= 11 is 0. The summed E-state index contributed by atoms with van der Waals surface area (Å²) in [4.78, 5) is 19.1. The fraction of sp³-hybridized carbons (Fsp3) is 0.478. The zero-order valence-electron chi connectivity index (χ0n) is 18.6. The first-order valence-electron chi connectivity index (χ1n) is 11.5. The third-order valence-electron chi connectivity index (χ3n) is 6.57. The van der Waals surface area contributed by atoms with Gasteiger partial charge in [0.1, 0.15) is 25.3 Å². The number of hydrogen-bond donors (Lipinski definition) is 1. The van der Waals surface area contributed by atoms with Gasteiger partial charge >= 0.3 is 0 Å². The van der Waals surface area contributed by atoms with Crippen LogP contribution in [-0.4, -0.2) is 70.6 Å². The minimum atomic E-state index is -0.541. The number of rotatable bonds is 6. The van der Waals surface area contributed by atoms with Gasteiger partial charge in [-0.2, -0.15) is 5.10 Å². The van der Waals surface area contributed by atoms with Crippen molar-refractivity contribution < 1.29 is 18.6 Å². The van der Waals surface area contributed by atoms with Gasteiger partial charge in [-0.05, 0) is 31.5 Å². The van der Waals surface area contributed by atoms with Gasteiger partial charge in [-0.1, -0.05) is 0 Å². The molecule has 0 radical (unpaired) electrons. The average molecular weight is 468 g/mol. The van der Waals surface area contributed by atoms with Gasteiger partial charge in [0.05, 0.1) is 23.4 Å². The van der Waals surface area contributed by atoms with E-state index in [2.05, 4.69) is 25.4 Å². The third kappa shape index (κ3) is 3.94. The fourth-order valence-electron chi connectivity index (χ4n) is 4.99. The van der Waals surface area contributed by atoms with Gasteiger partial charge in [0.15, 0.2) is 17.3 Å². The molecule has 6 heterocycles. The van der Waals surface area contributed by atoms with E-state index in [1.807, 2.05) is 6.07 Å². The number of nitrogens with zero attached hydrogens (tertiary/aromatic N) is 5. The molecule has 0 spiro atoms. The zero-order chi connectivity index (χ0) is 23.1. The van der Waals surface area contributed by atoms with Gasteiger partial charge in [-0.3, -0.25) is 14.3 Å². The van der Waals surface area contributed by atoms with Crippen LogP contribution in [0.15, 0.2) is 29.2 Å². The summed E-state index contributed by atoms with van der Waals surface area (Å²) in [6, 6.07) is 4.79. The van der Waals surface area contributed by atoms with Crippen LogP contribution in [0.3, 0.4) is 0 Å².